The maximum atomic E-state index is 12.9. The Balaban J connectivity index is 1.99. The molecular formula is C29H40ClN5O3S. The molecule has 0 saturated carbocycles. The second-order valence-corrected chi connectivity index (χ2v) is 13.2. The fourth-order valence-electron chi connectivity index (χ4n) is 4.41. The van der Waals surface area contributed by atoms with E-state index in [4.69, 9.17) is 16.3 Å². The number of sulfone groups is 1. The molecule has 0 bridgehead atoms. The molecule has 1 aromatic heterocycles. The number of nitrogens with zero attached hydrogens (tertiary/aromatic N) is 2. The molecule has 2 aromatic rings. The summed E-state index contributed by atoms with van der Waals surface area (Å²) in [5.41, 5.74) is 3.55. The highest BCUT2D eigenvalue weighted by molar-refractivity contribution is 7.95. The molecule has 1 aromatic carbocycles. The third kappa shape index (κ3) is 7.84. The van der Waals surface area contributed by atoms with Gasteiger partial charge in [-0.3, -0.25) is 0 Å². The topological polar surface area (TPSA) is 105 Å². The highest BCUT2D eigenvalue weighted by atomic mass is 35.5. The van der Waals surface area contributed by atoms with E-state index in [2.05, 4.69) is 51.6 Å². The summed E-state index contributed by atoms with van der Waals surface area (Å²) < 4.78 is 31.9. The SMILES string of the molecule is C=C/C=C\C(Nc1nc(Nc2cc(C)c(C3CCNCC3)cc2OC(C)C)ncc1Cl)=C(/C)S(=O)(=O)C(C)C. The van der Waals surface area contributed by atoms with Crippen molar-refractivity contribution in [1.29, 1.82) is 0 Å². The van der Waals surface area contributed by atoms with Crippen LogP contribution < -0.4 is 20.7 Å². The lowest BCUT2D eigenvalue weighted by molar-refractivity contribution is 0.243. The third-order valence-electron chi connectivity index (χ3n) is 6.58. The predicted molar refractivity (Wildman–Crippen MR) is 162 cm³/mol. The van der Waals surface area contributed by atoms with Crippen molar-refractivity contribution < 1.29 is 13.2 Å². The van der Waals surface area contributed by atoms with Crippen LogP contribution in [0.3, 0.4) is 0 Å². The molecule has 8 nitrogen and oxygen atoms in total. The molecule has 212 valence electrons. The number of halogens is 1. The summed E-state index contributed by atoms with van der Waals surface area (Å²) in [7, 11) is -3.52. The van der Waals surface area contributed by atoms with Crippen molar-refractivity contribution in [3.8, 4) is 5.75 Å². The molecule has 0 spiro atoms. The summed E-state index contributed by atoms with van der Waals surface area (Å²) in [6.45, 7) is 16.6. The summed E-state index contributed by atoms with van der Waals surface area (Å²) in [6, 6.07) is 4.20. The van der Waals surface area contributed by atoms with Gasteiger partial charge in [-0.2, -0.15) is 4.98 Å². The molecule has 39 heavy (non-hydrogen) atoms. The van der Waals surface area contributed by atoms with Crippen molar-refractivity contribution in [2.75, 3.05) is 23.7 Å². The molecule has 1 saturated heterocycles. The van der Waals surface area contributed by atoms with E-state index in [1.165, 1.54) is 17.3 Å². The highest BCUT2D eigenvalue weighted by Gasteiger charge is 2.23. The minimum absolute atomic E-state index is 0.0206. The normalized spacial score (nSPS) is 15.5. The lowest BCUT2D eigenvalue weighted by Gasteiger charge is -2.26. The Morgan fingerprint density at radius 3 is 2.54 bits per heavy atom. The number of rotatable bonds is 11. The zero-order valence-electron chi connectivity index (χ0n) is 23.6. The van der Waals surface area contributed by atoms with Gasteiger partial charge < -0.3 is 20.7 Å². The maximum absolute atomic E-state index is 12.9. The minimum atomic E-state index is -3.52. The van der Waals surface area contributed by atoms with Crippen molar-refractivity contribution in [2.45, 2.75) is 71.7 Å². The van der Waals surface area contributed by atoms with Crippen molar-refractivity contribution >= 4 is 38.9 Å². The first-order valence-corrected chi connectivity index (χ1v) is 15.2. The molecule has 1 aliphatic rings. The molecule has 1 fully saturated rings. The van der Waals surface area contributed by atoms with Crippen LogP contribution in [-0.4, -0.2) is 42.8 Å². The largest absolute Gasteiger partial charge is 0.489 e. The molecular weight excluding hydrogens is 534 g/mol. The van der Waals surface area contributed by atoms with Gasteiger partial charge in [0.25, 0.3) is 0 Å². The van der Waals surface area contributed by atoms with Crippen molar-refractivity contribution in [3.63, 3.8) is 0 Å². The first-order chi connectivity index (χ1) is 18.4. The highest BCUT2D eigenvalue weighted by Crippen LogP contribution is 2.37. The number of piperidine rings is 1. The van der Waals surface area contributed by atoms with E-state index in [0.717, 1.165) is 37.4 Å². The van der Waals surface area contributed by atoms with E-state index in [-0.39, 0.29) is 21.8 Å². The van der Waals surface area contributed by atoms with Crippen LogP contribution in [0.25, 0.3) is 0 Å². The minimum Gasteiger partial charge on any atom is -0.489 e. The summed E-state index contributed by atoms with van der Waals surface area (Å²) >= 11 is 6.43. The second kappa shape index (κ2) is 13.5. The predicted octanol–water partition coefficient (Wildman–Crippen LogP) is 6.65. The molecule has 2 heterocycles. The molecule has 3 rings (SSSR count). The Morgan fingerprint density at radius 2 is 1.92 bits per heavy atom. The van der Waals surface area contributed by atoms with Gasteiger partial charge in [-0.1, -0.05) is 30.3 Å². The molecule has 0 atom stereocenters. The van der Waals surface area contributed by atoms with E-state index in [1.54, 1.807) is 39.0 Å². The summed E-state index contributed by atoms with van der Waals surface area (Å²) in [6.07, 6.45) is 8.48. The quantitative estimate of drug-likeness (QED) is 0.257. The first-order valence-electron chi connectivity index (χ1n) is 13.3. The van der Waals surface area contributed by atoms with Gasteiger partial charge >= 0.3 is 0 Å². The Morgan fingerprint density at radius 1 is 1.23 bits per heavy atom. The zero-order valence-corrected chi connectivity index (χ0v) is 25.2. The van der Waals surface area contributed by atoms with Gasteiger partial charge in [0.15, 0.2) is 15.7 Å². The van der Waals surface area contributed by atoms with E-state index in [0.29, 0.717) is 17.6 Å². The number of benzene rings is 1. The van der Waals surface area contributed by atoms with Crippen LogP contribution in [0.1, 0.15) is 64.5 Å². The van der Waals surface area contributed by atoms with Crippen LogP contribution in [0.5, 0.6) is 5.75 Å². The standard InChI is InChI=1S/C29H40ClN5O3S/c1-8-9-10-25(21(7)39(36,37)19(4)5)33-28-24(30)17-32-29(35-28)34-26-15-20(6)23(16-27(26)38-18(2)3)22-11-13-31-14-12-22/h8-10,15-19,22,31H,1,11-14H2,2-7H3,(H2,32,33,34,35)/b10-9-,25-21-. The Bertz CT molecular complexity index is 1350. The number of anilines is 3. The lowest BCUT2D eigenvalue weighted by atomic mass is 9.87. The van der Waals surface area contributed by atoms with Gasteiger partial charge in [0.05, 0.1) is 33.8 Å². The number of nitrogens with one attached hydrogen (secondary N) is 3. The fourth-order valence-corrected chi connectivity index (χ4v) is 5.68. The number of allylic oxidation sites excluding steroid dienone is 4. The first kappa shape index (κ1) is 30.7. The Hall–Kier alpha value is -2.88. The number of aryl methyl sites for hydroxylation is 1. The van der Waals surface area contributed by atoms with Gasteiger partial charge in [-0.05, 0) is 103 Å². The van der Waals surface area contributed by atoms with Gasteiger partial charge in [0, 0.05) is 0 Å². The summed E-state index contributed by atoms with van der Waals surface area (Å²) in [4.78, 5) is 9.11. The van der Waals surface area contributed by atoms with Gasteiger partial charge in [0.2, 0.25) is 5.95 Å². The van der Waals surface area contributed by atoms with Gasteiger partial charge in [0.1, 0.15) is 10.8 Å². The van der Waals surface area contributed by atoms with Crippen LogP contribution in [0.2, 0.25) is 5.02 Å². The molecule has 10 heteroatoms. The van der Waals surface area contributed by atoms with E-state index < -0.39 is 15.1 Å². The molecule has 0 amide bonds. The number of aromatic nitrogens is 2. The third-order valence-corrected chi connectivity index (χ3v) is 9.17. The maximum Gasteiger partial charge on any atom is 0.229 e. The van der Waals surface area contributed by atoms with Crippen LogP contribution in [-0.2, 0) is 9.84 Å². The van der Waals surface area contributed by atoms with Crippen molar-refractivity contribution in [2.24, 2.45) is 0 Å². The van der Waals surface area contributed by atoms with Crippen LogP contribution in [0.15, 0.2) is 53.7 Å². The summed E-state index contributed by atoms with van der Waals surface area (Å²) in [5, 5.41) is 9.46. The number of hydrogen-bond donors (Lipinski definition) is 3. The molecule has 3 N–H and O–H groups in total. The Kier molecular flexibility index (Phi) is 10.6. The average Bonchev–Trinajstić information content (AvgIpc) is 2.89. The van der Waals surface area contributed by atoms with Crippen molar-refractivity contribution in [1.82, 2.24) is 15.3 Å². The van der Waals surface area contributed by atoms with Crippen LogP contribution in [0.4, 0.5) is 17.5 Å². The molecule has 1 aliphatic heterocycles. The molecule has 0 aliphatic carbocycles. The second-order valence-electron chi connectivity index (χ2n) is 10.2. The molecule has 0 radical (unpaired) electrons. The number of hydrogen-bond acceptors (Lipinski definition) is 8. The fraction of sp³-hybridized carbons (Fsp3) is 0.448. The van der Waals surface area contributed by atoms with Gasteiger partial charge in [-0.25, -0.2) is 13.4 Å². The van der Waals surface area contributed by atoms with Crippen molar-refractivity contribution in [3.05, 3.63) is 69.9 Å². The Labute approximate surface area is 237 Å². The average molecular weight is 574 g/mol. The van der Waals surface area contributed by atoms with Crippen LogP contribution >= 0.6 is 11.6 Å². The van der Waals surface area contributed by atoms with E-state index in [1.807, 2.05) is 13.8 Å². The van der Waals surface area contributed by atoms with Crippen LogP contribution in [0, 0.1) is 6.92 Å². The van der Waals surface area contributed by atoms with Gasteiger partial charge in [-0.15, -0.1) is 0 Å². The smallest absolute Gasteiger partial charge is 0.229 e. The van der Waals surface area contributed by atoms with E-state index >= 15 is 0 Å². The monoisotopic (exact) mass is 573 g/mol. The van der Waals surface area contributed by atoms with E-state index in [9.17, 15) is 8.42 Å². The lowest BCUT2D eigenvalue weighted by Crippen LogP contribution is -2.27. The summed E-state index contributed by atoms with van der Waals surface area (Å²) in [5.74, 6) is 1.77. The zero-order chi connectivity index (χ0) is 28.7. The molecule has 0 unspecified atom stereocenters. The number of ether oxygens (including phenoxy) is 1.